The van der Waals surface area contributed by atoms with Crippen molar-refractivity contribution in [2.75, 3.05) is 6.61 Å². The molecule has 0 aromatic rings. The second-order valence-electron chi connectivity index (χ2n) is 3.93. The number of ether oxygens (including phenoxy) is 1. The molecule has 0 amide bonds. The highest BCUT2D eigenvalue weighted by Gasteiger charge is 2.30. The Morgan fingerprint density at radius 2 is 2.31 bits per heavy atom. The van der Waals surface area contributed by atoms with Crippen molar-refractivity contribution in [2.24, 2.45) is 11.7 Å². The molecule has 2 nitrogen and oxygen atoms in total. The molecule has 0 aromatic heterocycles. The van der Waals surface area contributed by atoms with Crippen molar-refractivity contribution in [2.45, 2.75) is 44.8 Å². The van der Waals surface area contributed by atoms with Crippen molar-refractivity contribution >= 4 is 0 Å². The van der Waals surface area contributed by atoms with Crippen LogP contribution in [0.4, 0.5) is 0 Å². The van der Waals surface area contributed by atoms with Crippen LogP contribution < -0.4 is 5.73 Å². The maximum absolute atomic E-state index is 5.90. The first kappa shape index (κ1) is 10.7. The monoisotopic (exact) mass is 183 g/mol. The van der Waals surface area contributed by atoms with Crippen molar-refractivity contribution < 1.29 is 4.74 Å². The van der Waals surface area contributed by atoms with Crippen LogP contribution in [0.15, 0.2) is 12.7 Å². The van der Waals surface area contributed by atoms with Crippen LogP contribution in [0.2, 0.25) is 0 Å². The SMILES string of the molecule is C=CCC(N)CC1CC(OCC)C1. The van der Waals surface area contributed by atoms with Gasteiger partial charge in [-0.05, 0) is 38.5 Å². The number of hydrogen-bond acceptors (Lipinski definition) is 2. The Labute approximate surface area is 81.1 Å². The van der Waals surface area contributed by atoms with Crippen LogP contribution >= 0.6 is 0 Å². The molecule has 1 aliphatic carbocycles. The van der Waals surface area contributed by atoms with E-state index in [1.807, 2.05) is 6.08 Å². The van der Waals surface area contributed by atoms with E-state index in [2.05, 4.69) is 13.5 Å². The molecule has 1 saturated carbocycles. The molecule has 0 heterocycles. The molecule has 13 heavy (non-hydrogen) atoms. The zero-order valence-corrected chi connectivity index (χ0v) is 8.54. The molecule has 0 saturated heterocycles. The molecule has 1 aliphatic rings. The Morgan fingerprint density at radius 3 is 2.85 bits per heavy atom. The molecule has 1 fully saturated rings. The maximum atomic E-state index is 5.90. The molecule has 1 unspecified atom stereocenters. The fraction of sp³-hybridized carbons (Fsp3) is 0.818. The fourth-order valence-corrected chi connectivity index (χ4v) is 1.98. The van der Waals surface area contributed by atoms with Crippen LogP contribution in [0, 0.1) is 5.92 Å². The van der Waals surface area contributed by atoms with Gasteiger partial charge in [0.15, 0.2) is 0 Å². The molecule has 0 spiro atoms. The van der Waals surface area contributed by atoms with Gasteiger partial charge in [-0.25, -0.2) is 0 Å². The van der Waals surface area contributed by atoms with E-state index in [1.165, 1.54) is 12.8 Å². The summed E-state index contributed by atoms with van der Waals surface area (Å²) in [5.41, 5.74) is 5.90. The van der Waals surface area contributed by atoms with Crippen molar-refractivity contribution in [1.29, 1.82) is 0 Å². The highest BCUT2D eigenvalue weighted by molar-refractivity contribution is 4.85. The molecule has 0 radical (unpaired) electrons. The summed E-state index contributed by atoms with van der Waals surface area (Å²) >= 11 is 0. The van der Waals surface area contributed by atoms with Gasteiger partial charge in [-0.3, -0.25) is 0 Å². The fourth-order valence-electron chi connectivity index (χ4n) is 1.98. The van der Waals surface area contributed by atoms with Crippen molar-refractivity contribution in [1.82, 2.24) is 0 Å². The standard InChI is InChI=1S/C11H21NO/c1-3-5-10(12)6-9-7-11(8-9)13-4-2/h3,9-11H,1,4-8,12H2,2H3. The summed E-state index contributed by atoms with van der Waals surface area (Å²) in [6.07, 6.45) is 6.91. The summed E-state index contributed by atoms with van der Waals surface area (Å²) in [6, 6.07) is 0.310. The van der Waals surface area contributed by atoms with Gasteiger partial charge in [-0.1, -0.05) is 6.08 Å². The minimum Gasteiger partial charge on any atom is -0.378 e. The molecule has 0 aromatic carbocycles. The van der Waals surface area contributed by atoms with E-state index in [0.29, 0.717) is 12.1 Å². The lowest BCUT2D eigenvalue weighted by atomic mass is 9.78. The maximum Gasteiger partial charge on any atom is 0.0580 e. The van der Waals surface area contributed by atoms with Crippen molar-refractivity contribution in [3.05, 3.63) is 12.7 Å². The average molecular weight is 183 g/mol. The smallest absolute Gasteiger partial charge is 0.0580 e. The molecule has 76 valence electrons. The summed E-state index contributed by atoms with van der Waals surface area (Å²) in [6.45, 7) is 6.59. The van der Waals surface area contributed by atoms with Crippen LogP contribution in [0.5, 0.6) is 0 Å². The molecule has 0 aliphatic heterocycles. The van der Waals surface area contributed by atoms with Crippen molar-refractivity contribution in [3.8, 4) is 0 Å². The van der Waals surface area contributed by atoms with E-state index in [1.54, 1.807) is 0 Å². The van der Waals surface area contributed by atoms with Crippen molar-refractivity contribution in [3.63, 3.8) is 0 Å². The van der Waals surface area contributed by atoms with Crippen LogP contribution in [-0.2, 0) is 4.74 Å². The van der Waals surface area contributed by atoms with Gasteiger partial charge in [-0.2, -0.15) is 0 Å². The summed E-state index contributed by atoms with van der Waals surface area (Å²) in [7, 11) is 0. The van der Waals surface area contributed by atoms with E-state index in [0.717, 1.165) is 25.4 Å². The lowest BCUT2D eigenvalue weighted by Gasteiger charge is -2.36. The predicted molar refractivity (Wildman–Crippen MR) is 55.5 cm³/mol. The normalized spacial score (nSPS) is 29.4. The van der Waals surface area contributed by atoms with Gasteiger partial charge in [0.25, 0.3) is 0 Å². The Morgan fingerprint density at radius 1 is 1.62 bits per heavy atom. The average Bonchev–Trinajstić information content (AvgIpc) is 2.01. The van der Waals surface area contributed by atoms with Gasteiger partial charge in [0.2, 0.25) is 0 Å². The van der Waals surface area contributed by atoms with E-state index >= 15 is 0 Å². The first-order chi connectivity index (χ1) is 6.26. The molecule has 2 N–H and O–H groups in total. The molecule has 1 rings (SSSR count). The van der Waals surface area contributed by atoms with E-state index in [-0.39, 0.29) is 0 Å². The summed E-state index contributed by atoms with van der Waals surface area (Å²) in [5, 5.41) is 0. The summed E-state index contributed by atoms with van der Waals surface area (Å²) in [4.78, 5) is 0. The third kappa shape index (κ3) is 3.49. The third-order valence-corrected chi connectivity index (χ3v) is 2.70. The Kier molecular flexibility index (Phi) is 4.46. The number of hydrogen-bond donors (Lipinski definition) is 1. The topological polar surface area (TPSA) is 35.2 Å². The van der Waals surface area contributed by atoms with Gasteiger partial charge in [0, 0.05) is 12.6 Å². The molecule has 0 bridgehead atoms. The highest BCUT2D eigenvalue weighted by atomic mass is 16.5. The van der Waals surface area contributed by atoms with Crippen LogP contribution in [0.1, 0.15) is 32.6 Å². The van der Waals surface area contributed by atoms with Crippen LogP contribution in [0.25, 0.3) is 0 Å². The number of rotatable bonds is 6. The number of nitrogens with two attached hydrogens (primary N) is 1. The van der Waals surface area contributed by atoms with E-state index < -0.39 is 0 Å². The van der Waals surface area contributed by atoms with Crippen LogP contribution in [-0.4, -0.2) is 18.8 Å². The van der Waals surface area contributed by atoms with E-state index in [4.69, 9.17) is 10.5 Å². The second kappa shape index (κ2) is 5.40. The summed E-state index contributed by atoms with van der Waals surface area (Å²) in [5.74, 6) is 0.798. The predicted octanol–water partition coefficient (Wildman–Crippen LogP) is 2.10. The van der Waals surface area contributed by atoms with Crippen LogP contribution in [0.3, 0.4) is 0 Å². The Balaban J connectivity index is 2.03. The second-order valence-corrected chi connectivity index (χ2v) is 3.93. The van der Waals surface area contributed by atoms with Gasteiger partial charge >= 0.3 is 0 Å². The van der Waals surface area contributed by atoms with Gasteiger partial charge in [0.05, 0.1) is 6.10 Å². The molecular formula is C11H21NO. The molecule has 2 heteroatoms. The minimum absolute atomic E-state index is 0.310. The van der Waals surface area contributed by atoms with E-state index in [9.17, 15) is 0 Å². The highest BCUT2D eigenvalue weighted by Crippen LogP contribution is 2.33. The summed E-state index contributed by atoms with van der Waals surface area (Å²) < 4.78 is 5.49. The Hall–Kier alpha value is -0.340. The quantitative estimate of drug-likeness (QED) is 0.640. The van der Waals surface area contributed by atoms with Gasteiger partial charge in [-0.15, -0.1) is 6.58 Å². The lowest BCUT2D eigenvalue weighted by molar-refractivity contribution is -0.0280. The zero-order valence-electron chi connectivity index (χ0n) is 8.54. The lowest BCUT2D eigenvalue weighted by Crippen LogP contribution is -2.35. The molecule has 1 atom stereocenters. The minimum atomic E-state index is 0.310. The molecular weight excluding hydrogens is 162 g/mol. The van der Waals surface area contributed by atoms with Gasteiger partial charge in [0.1, 0.15) is 0 Å². The van der Waals surface area contributed by atoms with Gasteiger partial charge < -0.3 is 10.5 Å². The largest absolute Gasteiger partial charge is 0.378 e. The third-order valence-electron chi connectivity index (χ3n) is 2.70. The first-order valence-corrected chi connectivity index (χ1v) is 5.24. The first-order valence-electron chi connectivity index (χ1n) is 5.24. The Bertz CT molecular complexity index is 152. The zero-order chi connectivity index (χ0) is 9.68.